The normalized spacial score (nSPS) is 13.7. The number of ether oxygens (including phenoxy) is 4. The molecule has 1 rings (SSSR count). The molecule has 0 N–H and O–H groups in total. The van der Waals surface area contributed by atoms with Crippen LogP contribution < -0.4 is 0 Å². The molecule has 1 saturated heterocycles. The van der Waals surface area contributed by atoms with Crippen molar-refractivity contribution in [2.75, 3.05) is 52.7 Å². The molecule has 0 bridgehead atoms. The smallest absolute Gasteiger partial charge is 0.306 e. The summed E-state index contributed by atoms with van der Waals surface area (Å²) in [5.74, 6) is 1.06. The largest absolute Gasteiger partial charge is 0.466 e. The summed E-state index contributed by atoms with van der Waals surface area (Å²) in [7, 11) is 0. The van der Waals surface area contributed by atoms with Gasteiger partial charge in [0.2, 0.25) is 0 Å². The molecule has 0 spiro atoms. The molecule has 0 radical (unpaired) electrons. The van der Waals surface area contributed by atoms with E-state index in [9.17, 15) is 9.59 Å². The van der Waals surface area contributed by atoms with E-state index in [2.05, 4.69) is 32.6 Å². The van der Waals surface area contributed by atoms with Gasteiger partial charge in [-0.3, -0.25) is 14.5 Å². The molecule has 1 heterocycles. The van der Waals surface area contributed by atoms with Gasteiger partial charge < -0.3 is 18.9 Å². The van der Waals surface area contributed by atoms with Crippen molar-refractivity contribution in [3.05, 3.63) is 0 Å². The summed E-state index contributed by atoms with van der Waals surface area (Å²) in [6.07, 6.45) is 38.9. The van der Waals surface area contributed by atoms with Gasteiger partial charge in [-0.2, -0.15) is 0 Å². The highest BCUT2D eigenvalue weighted by Crippen LogP contribution is 2.23. The number of carbonyl (C=O) groups excluding carboxylic acids is 2. The highest BCUT2D eigenvalue weighted by atomic mass is 16.5. The van der Waals surface area contributed by atoms with Gasteiger partial charge in [-0.05, 0) is 69.6 Å². The van der Waals surface area contributed by atoms with E-state index < -0.39 is 0 Å². The van der Waals surface area contributed by atoms with E-state index in [0.717, 1.165) is 84.4 Å². The van der Waals surface area contributed by atoms with Gasteiger partial charge in [0.15, 0.2) is 0 Å². The van der Waals surface area contributed by atoms with Crippen molar-refractivity contribution in [3.8, 4) is 0 Å². The van der Waals surface area contributed by atoms with Crippen molar-refractivity contribution < 1.29 is 28.5 Å². The topological polar surface area (TPSA) is 74.3 Å². The molecule has 0 aromatic carbocycles. The van der Waals surface area contributed by atoms with E-state index in [1.807, 2.05) is 0 Å². The Balaban J connectivity index is 2.24. The monoisotopic (exact) mass is 808 g/mol. The second kappa shape index (κ2) is 41.5. The van der Waals surface area contributed by atoms with Crippen molar-refractivity contribution in [3.63, 3.8) is 0 Å². The van der Waals surface area contributed by atoms with E-state index in [-0.39, 0.29) is 11.9 Å². The Hall–Kier alpha value is -1.18. The van der Waals surface area contributed by atoms with Crippen molar-refractivity contribution >= 4 is 11.9 Å². The van der Waals surface area contributed by atoms with Gasteiger partial charge >= 0.3 is 11.9 Å². The summed E-state index contributed by atoms with van der Waals surface area (Å²) < 4.78 is 23.4. The molecule has 0 unspecified atom stereocenters. The summed E-state index contributed by atoms with van der Waals surface area (Å²) >= 11 is 0. The highest BCUT2D eigenvalue weighted by molar-refractivity contribution is 5.70. The minimum atomic E-state index is 0.0244. The number of hydrogen-bond acceptors (Lipinski definition) is 7. The highest BCUT2D eigenvalue weighted by Gasteiger charge is 2.17. The first-order valence-corrected chi connectivity index (χ1v) is 25.2. The minimum Gasteiger partial charge on any atom is -0.466 e. The number of morpholine rings is 1. The third kappa shape index (κ3) is 35.3. The minimum absolute atomic E-state index is 0.0244. The van der Waals surface area contributed by atoms with Crippen LogP contribution in [0, 0.1) is 11.8 Å². The lowest BCUT2D eigenvalue weighted by molar-refractivity contribution is -0.146. The van der Waals surface area contributed by atoms with Crippen LogP contribution in [-0.4, -0.2) is 75.6 Å². The zero-order valence-electron chi connectivity index (χ0n) is 38.6. The summed E-state index contributed by atoms with van der Waals surface area (Å²) in [6.45, 7) is 15.9. The molecule has 7 heteroatoms. The quantitative estimate of drug-likeness (QED) is 0.0449. The van der Waals surface area contributed by atoms with Crippen LogP contribution in [0.5, 0.6) is 0 Å². The average molecular weight is 808 g/mol. The fraction of sp³-hybridized carbons (Fsp3) is 0.960. The number of nitrogens with zero attached hydrogens (tertiary/aromatic N) is 1. The SMILES string of the molecule is CCCCCC(CCCCC)CC(=O)OCCCCCCCCC(CCCCCCCCOC(=O)CC(CCCCC)CCCCC)OCCCN1CCOCC1. The van der Waals surface area contributed by atoms with E-state index in [4.69, 9.17) is 18.9 Å². The molecule has 0 atom stereocenters. The van der Waals surface area contributed by atoms with Gasteiger partial charge in [-0.15, -0.1) is 0 Å². The van der Waals surface area contributed by atoms with Crippen LogP contribution in [-0.2, 0) is 28.5 Å². The summed E-state index contributed by atoms with van der Waals surface area (Å²) in [6, 6.07) is 0. The molecule has 0 aliphatic carbocycles. The zero-order chi connectivity index (χ0) is 41.3. The Kier molecular flexibility index (Phi) is 39.2. The van der Waals surface area contributed by atoms with Crippen LogP contribution in [0.25, 0.3) is 0 Å². The van der Waals surface area contributed by atoms with E-state index in [1.165, 1.54) is 154 Å². The molecule has 0 saturated carbocycles. The maximum atomic E-state index is 12.5. The predicted molar refractivity (Wildman–Crippen MR) is 241 cm³/mol. The Morgan fingerprint density at radius 2 is 0.825 bits per heavy atom. The molecular weight excluding hydrogens is 711 g/mol. The van der Waals surface area contributed by atoms with Gasteiger partial charge in [-0.1, -0.05) is 169 Å². The van der Waals surface area contributed by atoms with Crippen LogP contribution in [0.3, 0.4) is 0 Å². The van der Waals surface area contributed by atoms with Gasteiger partial charge in [0, 0.05) is 39.1 Å². The second-order valence-electron chi connectivity index (χ2n) is 17.7. The number of hydrogen-bond donors (Lipinski definition) is 0. The van der Waals surface area contributed by atoms with Crippen LogP contribution in [0.15, 0.2) is 0 Å². The molecule has 1 aliphatic rings. The Morgan fingerprint density at radius 1 is 0.456 bits per heavy atom. The second-order valence-corrected chi connectivity index (χ2v) is 17.7. The first-order chi connectivity index (χ1) is 28.0. The van der Waals surface area contributed by atoms with Crippen molar-refractivity contribution in [2.24, 2.45) is 11.8 Å². The summed E-state index contributed by atoms with van der Waals surface area (Å²) in [5, 5.41) is 0. The number of esters is 2. The molecule has 0 aromatic rings. The van der Waals surface area contributed by atoms with Crippen LogP contribution in [0.4, 0.5) is 0 Å². The fourth-order valence-electron chi connectivity index (χ4n) is 8.43. The molecule has 1 aliphatic heterocycles. The molecule has 0 aromatic heterocycles. The number of carbonyl (C=O) groups is 2. The van der Waals surface area contributed by atoms with E-state index >= 15 is 0 Å². The predicted octanol–water partition coefficient (Wildman–Crippen LogP) is 14.0. The van der Waals surface area contributed by atoms with Crippen LogP contribution in [0.2, 0.25) is 0 Å². The number of unbranched alkanes of at least 4 members (excludes halogenated alkanes) is 18. The Labute approximate surface area is 354 Å². The maximum Gasteiger partial charge on any atom is 0.306 e. The fourth-order valence-corrected chi connectivity index (χ4v) is 8.43. The first kappa shape index (κ1) is 53.8. The summed E-state index contributed by atoms with van der Waals surface area (Å²) in [4.78, 5) is 27.6. The van der Waals surface area contributed by atoms with E-state index in [0.29, 0.717) is 44.0 Å². The standard InChI is InChI=1S/C50H97NO6/c1-5-9-21-30-46(31-22-10-6-2)44-49(52)56-39-27-19-15-13-17-25-34-48(55-41-29-36-51-37-42-54-43-38-51)35-26-18-14-16-20-28-40-57-50(53)45-47(32-23-11-7-3)33-24-12-8-4/h46-48H,5-45H2,1-4H3. The lowest BCUT2D eigenvalue weighted by Gasteiger charge is -2.26. The van der Waals surface area contributed by atoms with Gasteiger partial charge in [-0.25, -0.2) is 0 Å². The van der Waals surface area contributed by atoms with Gasteiger partial charge in [0.25, 0.3) is 0 Å². The van der Waals surface area contributed by atoms with Crippen molar-refractivity contribution in [2.45, 2.75) is 246 Å². The lowest BCUT2D eigenvalue weighted by atomic mass is 9.92. The average Bonchev–Trinajstić information content (AvgIpc) is 3.21. The lowest BCUT2D eigenvalue weighted by Crippen LogP contribution is -2.37. The van der Waals surface area contributed by atoms with E-state index in [1.54, 1.807) is 0 Å². The Morgan fingerprint density at radius 3 is 1.23 bits per heavy atom. The van der Waals surface area contributed by atoms with Crippen LogP contribution in [0.1, 0.15) is 240 Å². The first-order valence-electron chi connectivity index (χ1n) is 25.2. The summed E-state index contributed by atoms with van der Waals surface area (Å²) in [5.41, 5.74) is 0. The van der Waals surface area contributed by atoms with Crippen molar-refractivity contribution in [1.29, 1.82) is 0 Å². The van der Waals surface area contributed by atoms with Crippen molar-refractivity contribution in [1.82, 2.24) is 4.90 Å². The van der Waals surface area contributed by atoms with Crippen LogP contribution >= 0.6 is 0 Å². The molecule has 57 heavy (non-hydrogen) atoms. The van der Waals surface area contributed by atoms with Gasteiger partial charge in [0.1, 0.15) is 0 Å². The molecule has 338 valence electrons. The third-order valence-corrected chi connectivity index (χ3v) is 12.2. The van der Waals surface area contributed by atoms with Gasteiger partial charge in [0.05, 0.1) is 32.5 Å². The maximum absolute atomic E-state index is 12.5. The molecule has 1 fully saturated rings. The third-order valence-electron chi connectivity index (χ3n) is 12.2. The molecular formula is C50H97NO6. The molecule has 7 nitrogen and oxygen atoms in total. The Bertz CT molecular complexity index is 788. The zero-order valence-corrected chi connectivity index (χ0v) is 38.6. The molecule has 0 amide bonds. The number of rotatable bonds is 43.